The number of carbonyl (C=O) groups excluding carboxylic acids is 1. The fourth-order valence-electron chi connectivity index (χ4n) is 7.91. The lowest BCUT2D eigenvalue weighted by atomic mass is 9.69. The van der Waals surface area contributed by atoms with Gasteiger partial charge in [0.05, 0.1) is 30.0 Å². The number of benzene rings is 3. The Morgan fingerprint density at radius 2 is 1.73 bits per heavy atom. The van der Waals surface area contributed by atoms with E-state index in [0.717, 1.165) is 12.1 Å². The number of fused-ring (bicyclic) bond motifs is 1. The van der Waals surface area contributed by atoms with Crippen molar-refractivity contribution in [2.75, 3.05) is 43.3 Å². The Morgan fingerprint density at radius 1 is 1.02 bits per heavy atom. The third kappa shape index (κ3) is 11.9. The van der Waals surface area contributed by atoms with E-state index >= 15 is 0 Å². The van der Waals surface area contributed by atoms with Gasteiger partial charge in [-0.25, -0.2) is 17.4 Å². The topological polar surface area (TPSA) is 268 Å². The number of nitrogens with zero attached hydrogens (tertiary/aromatic N) is 1. The molecular formula is C39H54N3O15S3+. The number of ether oxygens (including phenoxy) is 2. The minimum atomic E-state index is -5.24. The lowest BCUT2D eigenvalue weighted by Crippen LogP contribution is -2.63. The number of nitrogens with one attached hydrogen (secondary N) is 2. The van der Waals surface area contributed by atoms with Crippen LogP contribution in [0.25, 0.3) is 0 Å². The summed E-state index contributed by atoms with van der Waals surface area (Å²) in [5.41, 5.74) is 1.55. The number of sulfone groups is 1. The van der Waals surface area contributed by atoms with Gasteiger partial charge in [-0.15, -0.1) is 13.3 Å². The summed E-state index contributed by atoms with van der Waals surface area (Å²) in [6.07, 6.45) is -5.82. The first-order chi connectivity index (χ1) is 28.2. The molecular weight excluding hydrogens is 847 g/mol. The monoisotopic (exact) mass is 900 g/mol. The number of anilines is 2. The highest BCUT2D eigenvalue weighted by molar-refractivity contribution is 7.91. The van der Waals surface area contributed by atoms with Crippen molar-refractivity contribution in [1.29, 1.82) is 0 Å². The summed E-state index contributed by atoms with van der Waals surface area (Å²) < 4.78 is 113. The minimum Gasteiger partial charge on any atom is -0.392 e. The van der Waals surface area contributed by atoms with Gasteiger partial charge in [0, 0.05) is 46.9 Å². The Labute approximate surface area is 351 Å². The van der Waals surface area contributed by atoms with Crippen LogP contribution in [0.2, 0.25) is 0 Å². The molecule has 3 aromatic rings. The molecule has 0 saturated carbocycles. The van der Waals surface area contributed by atoms with Gasteiger partial charge in [-0.05, 0) is 59.9 Å². The van der Waals surface area contributed by atoms with Crippen molar-refractivity contribution in [3.05, 3.63) is 89.5 Å². The van der Waals surface area contributed by atoms with Crippen LogP contribution in [0.3, 0.4) is 0 Å². The zero-order valence-electron chi connectivity index (χ0n) is 33.6. The Balaban J connectivity index is 1.45. The van der Waals surface area contributed by atoms with E-state index in [9.17, 15) is 49.7 Å². The van der Waals surface area contributed by atoms with Crippen molar-refractivity contribution in [1.82, 2.24) is 5.32 Å². The van der Waals surface area contributed by atoms with Crippen LogP contribution in [0.1, 0.15) is 62.1 Å². The summed E-state index contributed by atoms with van der Waals surface area (Å²) in [6.45, 7) is 2.40. The molecule has 0 bridgehead atoms. The normalized spacial score (nSPS) is 26.7. The molecule has 2 heterocycles. The first kappa shape index (κ1) is 47.5. The molecule has 0 radical (unpaired) electrons. The van der Waals surface area contributed by atoms with Gasteiger partial charge in [-0.2, -0.15) is 8.42 Å². The molecule has 1 fully saturated rings. The van der Waals surface area contributed by atoms with Gasteiger partial charge in [0.1, 0.15) is 24.9 Å². The molecule has 1 unspecified atom stereocenters. The van der Waals surface area contributed by atoms with E-state index in [0.29, 0.717) is 36.0 Å². The zero-order chi connectivity index (χ0) is 44.0. The second-order valence-corrected chi connectivity index (χ2v) is 19.5. The van der Waals surface area contributed by atoms with E-state index in [-0.39, 0.29) is 22.9 Å². The second-order valence-electron chi connectivity index (χ2n) is 15.3. The number of aliphatic hydroxyl groups is 2. The van der Waals surface area contributed by atoms with E-state index in [2.05, 4.69) is 14.8 Å². The van der Waals surface area contributed by atoms with E-state index in [4.69, 9.17) is 13.7 Å². The molecule has 0 aliphatic carbocycles. The maximum atomic E-state index is 14.1. The van der Waals surface area contributed by atoms with Crippen molar-refractivity contribution in [3.63, 3.8) is 0 Å². The van der Waals surface area contributed by atoms with Gasteiger partial charge in [0.25, 0.3) is 0 Å². The number of amides is 2. The first-order valence-corrected chi connectivity index (χ1v) is 23.7. The van der Waals surface area contributed by atoms with Gasteiger partial charge in [-0.1, -0.05) is 69.2 Å². The van der Waals surface area contributed by atoms with Gasteiger partial charge < -0.3 is 35.2 Å². The molecule has 0 spiro atoms. The predicted octanol–water partition coefficient (Wildman–Crippen LogP) is 4.22. The Morgan fingerprint density at radius 3 is 2.37 bits per heavy atom. The highest BCUT2D eigenvalue weighted by Crippen LogP contribution is 2.49. The maximum absolute atomic E-state index is 14.1. The smallest absolute Gasteiger partial charge is 0.392 e. The minimum absolute atomic E-state index is 0.0127. The SMILES string of the molecule is CCCC[C@]1(CC)CS(=O)(=O)c2ccc(N(C)C)cc2[C@@H](c2cccc(NC(=O)N[C@@H]3O[C@H](CO[S+](=O)(O)O)[C@@H](OS(=O)(=O)O)C(COCc4ccccc4)[C@H]3O)c2)[C@H]1O. The Bertz CT molecular complexity index is 2210. The van der Waals surface area contributed by atoms with Crippen LogP contribution in [-0.4, -0.2) is 110 Å². The van der Waals surface area contributed by atoms with Crippen LogP contribution < -0.4 is 15.5 Å². The number of carbonyl (C=O) groups is 1. The zero-order valence-corrected chi connectivity index (χ0v) is 36.1. The highest BCUT2D eigenvalue weighted by atomic mass is 32.3. The number of unbranched alkanes of at least 4 members (excludes halogenated alkanes) is 1. The molecule has 7 N–H and O–H groups in total. The number of hydrogen-bond donors (Lipinski definition) is 7. The molecule has 21 heteroatoms. The number of rotatable bonds is 17. The van der Waals surface area contributed by atoms with Crippen molar-refractivity contribution in [3.8, 4) is 0 Å². The van der Waals surface area contributed by atoms with Gasteiger partial charge in [0.2, 0.25) is 0 Å². The van der Waals surface area contributed by atoms with Crippen LogP contribution in [0.15, 0.2) is 77.7 Å². The van der Waals surface area contributed by atoms with Gasteiger partial charge >= 0.3 is 27.2 Å². The molecule has 60 heavy (non-hydrogen) atoms. The maximum Gasteiger partial charge on any atom is 0.508 e. The molecule has 0 aromatic heterocycles. The quantitative estimate of drug-likeness (QED) is 0.0738. The average molecular weight is 901 g/mol. The summed E-state index contributed by atoms with van der Waals surface area (Å²) >= 11 is 0. The fourth-order valence-corrected chi connectivity index (χ4v) is 11.0. The summed E-state index contributed by atoms with van der Waals surface area (Å²) in [6, 6.07) is 19.4. The van der Waals surface area contributed by atoms with Crippen molar-refractivity contribution in [2.24, 2.45) is 11.3 Å². The Kier molecular flexibility index (Phi) is 15.5. The molecule has 5 rings (SSSR count). The van der Waals surface area contributed by atoms with Gasteiger partial charge in [-0.3, -0.25) is 4.55 Å². The lowest BCUT2D eigenvalue weighted by molar-refractivity contribution is -0.215. The van der Waals surface area contributed by atoms with Crippen molar-refractivity contribution in [2.45, 2.75) is 87.6 Å². The fraction of sp³-hybridized carbons (Fsp3) is 0.513. The number of aliphatic hydroxyl groups excluding tert-OH is 2. The van der Waals surface area contributed by atoms with Crippen molar-refractivity contribution < 1.29 is 67.6 Å². The van der Waals surface area contributed by atoms with E-state index in [1.807, 2.05) is 32.8 Å². The van der Waals surface area contributed by atoms with E-state index in [1.165, 1.54) is 0 Å². The third-order valence-corrected chi connectivity index (χ3v) is 13.9. The summed E-state index contributed by atoms with van der Waals surface area (Å²) in [5, 5.41) is 28.9. The lowest BCUT2D eigenvalue weighted by Gasteiger charge is -2.43. The standard InChI is InChI=1S/C39H53N3O15S3/c1-5-7-18-39(6-2)24-58(46,47)32-17-16-28(42(3)4)20-29(32)33(36(39)44)26-14-11-15-27(19-26)40-38(45)41-37-34(43)30(22-54-21-25-12-9-8-10-13-25)35(57-60(51,52)53)31(56-37)23-55-59(48,49)50/h8-17,19-20,30-31,33-37,43-44H,5-7,18,21-24H2,1-4H3,(H4-,40,41,45,48,49,50,51,52,53)/p+1/t30?,31-,33-,34-,35+,36-,37-,39-/m1/s1. The van der Waals surface area contributed by atoms with Crippen LogP contribution in [0.5, 0.6) is 0 Å². The molecule has 2 aliphatic heterocycles. The molecule has 332 valence electrons. The largest absolute Gasteiger partial charge is 0.508 e. The van der Waals surface area contributed by atoms with Crippen LogP contribution in [0.4, 0.5) is 16.2 Å². The highest BCUT2D eigenvalue weighted by Gasteiger charge is 2.51. The summed E-state index contributed by atoms with van der Waals surface area (Å²) in [5.74, 6) is -2.49. The molecule has 3 aromatic carbocycles. The van der Waals surface area contributed by atoms with Crippen LogP contribution in [-0.2, 0) is 59.7 Å². The molecule has 2 amide bonds. The third-order valence-electron chi connectivity index (χ3n) is 11.0. The molecule has 8 atom stereocenters. The number of hydrogen-bond acceptors (Lipinski definition) is 13. The number of urea groups is 1. The Hall–Kier alpha value is -3.58. The van der Waals surface area contributed by atoms with Crippen molar-refractivity contribution >= 4 is 48.4 Å². The molecule has 18 nitrogen and oxygen atoms in total. The van der Waals surface area contributed by atoms with Crippen LogP contribution >= 0.6 is 0 Å². The molecule has 2 aliphatic rings. The summed E-state index contributed by atoms with van der Waals surface area (Å²) in [4.78, 5) is 15.6. The van der Waals surface area contributed by atoms with Gasteiger partial charge in [0.15, 0.2) is 16.1 Å². The first-order valence-electron chi connectivity index (χ1n) is 19.3. The molecule has 1 saturated heterocycles. The van der Waals surface area contributed by atoms with E-state index in [1.54, 1.807) is 72.8 Å². The average Bonchev–Trinajstić information content (AvgIpc) is 3.24. The second kappa shape index (κ2) is 19.6. The summed E-state index contributed by atoms with van der Waals surface area (Å²) in [7, 11) is -10.3. The van der Waals surface area contributed by atoms with Crippen LogP contribution in [0, 0.1) is 11.3 Å². The van der Waals surface area contributed by atoms with E-state index < -0.39 is 98.2 Å². The predicted molar refractivity (Wildman–Crippen MR) is 221 cm³/mol.